The van der Waals surface area contributed by atoms with Gasteiger partial charge in [0.15, 0.2) is 0 Å². The molecule has 8 aromatic rings. The number of hydrogen-bond acceptors (Lipinski definition) is 4. The molecule has 0 saturated carbocycles. The van der Waals surface area contributed by atoms with Crippen molar-refractivity contribution in [3.63, 3.8) is 0 Å². The van der Waals surface area contributed by atoms with Gasteiger partial charge in [-0.25, -0.2) is 0 Å². The van der Waals surface area contributed by atoms with E-state index in [1.807, 2.05) is 103 Å². The summed E-state index contributed by atoms with van der Waals surface area (Å²) in [5.41, 5.74) is 9.94. The minimum absolute atomic E-state index is 0.893. The van der Waals surface area contributed by atoms with Gasteiger partial charge in [-0.3, -0.25) is 0 Å². The molecule has 8 rings (SSSR count). The van der Waals surface area contributed by atoms with Crippen LogP contribution in [0.2, 0.25) is 0 Å². The molecule has 0 bridgehead atoms. The van der Waals surface area contributed by atoms with E-state index in [9.17, 15) is 0 Å². The topological polar surface area (TPSA) is 36.9 Å². The van der Waals surface area contributed by atoms with Crippen molar-refractivity contribution in [1.82, 2.24) is 0 Å². The van der Waals surface area contributed by atoms with Crippen LogP contribution in [0.5, 0.6) is 23.0 Å². The van der Waals surface area contributed by atoms with Crippen molar-refractivity contribution in [2.45, 2.75) is 0 Å². The molecule has 0 aliphatic carbocycles. The van der Waals surface area contributed by atoms with Gasteiger partial charge in [-0.05, 0) is 93.0 Å². The van der Waals surface area contributed by atoms with Gasteiger partial charge in [0.05, 0.1) is 28.4 Å². The molecular formula is C52H50O4Si. The number of ether oxygens (including phenoxy) is 4. The van der Waals surface area contributed by atoms with Gasteiger partial charge in [-0.2, -0.15) is 0 Å². The Morgan fingerprint density at radius 1 is 0.263 bits per heavy atom. The lowest BCUT2D eigenvalue weighted by Gasteiger charge is -2.08. The molecule has 0 unspecified atom stereocenters. The molecule has 0 atom stereocenters. The van der Waals surface area contributed by atoms with Crippen molar-refractivity contribution in [2.75, 3.05) is 28.4 Å². The molecule has 0 spiro atoms. The average molecular weight is 767 g/mol. The van der Waals surface area contributed by atoms with E-state index in [1.54, 1.807) is 28.4 Å². The van der Waals surface area contributed by atoms with Gasteiger partial charge in [-0.1, -0.05) is 169 Å². The maximum Gasteiger partial charge on any atom is 0.118 e. The molecule has 0 saturated heterocycles. The summed E-state index contributed by atoms with van der Waals surface area (Å²) < 4.78 is 20.5. The van der Waals surface area contributed by atoms with Crippen LogP contribution in [0.4, 0.5) is 0 Å². The van der Waals surface area contributed by atoms with E-state index in [2.05, 4.69) is 109 Å². The first kappa shape index (κ1) is 41.3. The van der Waals surface area contributed by atoms with Gasteiger partial charge in [0.25, 0.3) is 0 Å². The monoisotopic (exact) mass is 766 g/mol. The Kier molecular flexibility index (Phi) is 16.3. The van der Waals surface area contributed by atoms with Gasteiger partial charge in [-0.15, -0.1) is 0 Å². The zero-order chi connectivity index (χ0) is 40.1. The second-order valence-corrected chi connectivity index (χ2v) is 13.9. The largest absolute Gasteiger partial charge is 0.497 e. The van der Waals surface area contributed by atoms with Crippen LogP contribution in [0.1, 0.15) is 0 Å². The molecule has 4 nitrogen and oxygen atoms in total. The second kappa shape index (κ2) is 22.5. The summed E-state index contributed by atoms with van der Waals surface area (Å²) in [5, 5.41) is 1.38. The van der Waals surface area contributed by atoms with Gasteiger partial charge in [0.1, 0.15) is 23.0 Å². The lowest BCUT2D eigenvalue weighted by atomic mass is 10.1. The standard InChI is InChI=1S/C13H14OSi.3C13H12O/c1-14-11-7-8-12(13(15)9-11)10-5-3-2-4-6-10;3*1-14-13-9-7-12(8-10-13)11-5-3-2-4-6-11/h2-9H,1,15H3;3*2-10H,1H3. The first-order valence-electron chi connectivity index (χ1n) is 18.8. The number of rotatable bonds is 8. The Bertz CT molecular complexity index is 2100. The van der Waals surface area contributed by atoms with E-state index in [4.69, 9.17) is 18.9 Å². The van der Waals surface area contributed by atoms with Crippen LogP contribution in [0.3, 0.4) is 0 Å². The Balaban J connectivity index is 0.000000145. The quantitative estimate of drug-likeness (QED) is 0.144. The Morgan fingerprint density at radius 3 is 0.772 bits per heavy atom. The molecule has 0 amide bonds. The van der Waals surface area contributed by atoms with Crippen LogP contribution in [-0.2, 0) is 0 Å². The smallest absolute Gasteiger partial charge is 0.118 e. The Morgan fingerprint density at radius 2 is 0.509 bits per heavy atom. The predicted octanol–water partition coefficient (Wildman–Crippen LogP) is 11.4. The van der Waals surface area contributed by atoms with E-state index >= 15 is 0 Å². The molecule has 57 heavy (non-hydrogen) atoms. The number of hydrogen-bond donors (Lipinski definition) is 0. The minimum Gasteiger partial charge on any atom is -0.497 e. The fourth-order valence-corrected chi connectivity index (χ4v) is 6.69. The van der Waals surface area contributed by atoms with Crippen LogP contribution in [0.15, 0.2) is 212 Å². The summed E-state index contributed by atoms with van der Waals surface area (Å²) in [7, 11) is 7.77. The minimum atomic E-state index is 0.893. The first-order valence-corrected chi connectivity index (χ1v) is 19.8. The van der Waals surface area contributed by atoms with Crippen LogP contribution >= 0.6 is 0 Å². The third-order valence-corrected chi connectivity index (χ3v) is 9.94. The fraction of sp³-hybridized carbons (Fsp3) is 0.0769. The maximum absolute atomic E-state index is 5.21. The molecule has 286 valence electrons. The highest BCUT2D eigenvalue weighted by molar-refractivity contribution is 6.36. The summed E-state index contributed by atoms with van der Waals surface area (Å²) in [4.78, 5) is 0. The van der Waals surface area contributed by atoms with E-state index in [0.29, 0.717) is 0 Å². The van der Waals surface area contributed by atoms with Crippen LogP contribution in [0.25, 0.3) is 44.5 Å². The average Bonchev–Trinajstić information content (AvgIpc) is 3.31. The van der Waals surface area contributed by atoms with Crippen LogP contribution in [0, 0.1) is 0 Å². The number of methoxy groups -OCH3 is 4. The molecule has 8 aromatic carbocycles. The van der Waals surface area contributed by atoms with Crippen molar-refractivity contribution in [3.05, 3.63) is 212 Å². The van der Waals surface area contributed by atoms with E-state index in [0.717, 1.165) is 33.2 Å². The Hall–Kier alpha value is -6.82. The zero-order valence-corrected chi connectivity index (χ0v) is 35.3. The van der Waals surface area contributed by atoms with Crippen molar-refractivity contribution >= 4 is 15.4 Å². The summed E-state index contributed by atoms with van der Waals surface area (Å²) >= 11 is 0. The van der Waals surface area contributed by atoms with Gasteiger partial charge in [0, 0.05) is 10.2 Å². The normalized spacial score (nSPS) is 9.89. The summed E-state index contributed by atoms with van der Waals surface area (Å²) in [6.45, 7) is 0. The Labute approximate surface area is 341 Å². The lowest BCUT2D eigenvalue weighted by molar-refractivity contribution is 0.415. The van der Waals surface area contributed by atoms with E-state index in [1.165, 1.54) is 49.7 Å². The molecule has 0 heterocycles. The highest BCUT2D eigenvalue weighted by Gasteiger charge is 2.02. The SMILES string of the molecule is COc1ccc(-c2ccccc2)c([SiH3])c1.COc1ccc(-c2ccccc2)cc1.COc1ccc(-c2ccccc2)cc1.COc1ccc(-c2ccccc2)cc1. The van der Waals surface area contributed by atoms with Crippen molar-refractivity contribution in [2.24, 2.45) is 0 Å². The fourth-order valence-electron chi connectivity index (χ4n) is 5.95. The van der Waals surface area contributed by atoms with Gasteiger partial charge in [0.2, 0.25) is 0 Å². The summed E-state index contributed by atoms with van der Waals surface area (Å²) in [6.07, 6.45) is 0. The lowest BCUT2D eigenvalue weighted by Crippen LogP contribution is -2.06. The molecule has 0 radical (unpaired) electrons. The highest BCUT2D eigenvalue weighted by atomic mass is 28.1. The van der Waals surface area contributed by atoms with Crippen molar-refractivity contribution in [1.29, 1.82) is 0 Å². The van der Waals surface area contributed by atoms with Gasteiger partial charge >= 0.3 is 0 Å². The molecule has 0 N–H and O–H groups in total. The summed E-state index contributed by atoms with van der Waals surface area (Å²) in [5.74, 6) is 3.62. The zero-order valence-electron chi connectivity index (χ0n) is 33.3. The summed E-state index contributed by atoms with van der Waals surface area (Å²) in [6, 6.07) is 71.9. The second-order valence-electron chi connectivity index (χ2n) is 12.8. The first-order chi connectivity index (χ1) is 28.0. The maximum atomic E-state index is 5.21. The molecule has 0 fully saturated rings. The molecule has 0 aliphatic heterocycles. The van der Waals surface area contributed by atoms with Crippen LogP contribution in [-0.4, -0.2) is 38.7 Å². The van der Waals surface area contributed by atoms with E-state index in [-0.39, 0.29) is 0 Å². The van der Waals surface area contributed by atoms with Crippen molar-refractivity contribution < 1.29 is 18.9 Å². The molecular weight excluding hydrogens is 717 g/mol. The molecule has 0 aromatic heterocycles. The predicted molar refractivity (Wildman–Crippen MR) is 243 cm³/mol. The highest BCUT2D eigenvalue weighted by Crippen LogP contribution is 2.24. The van der Waals surface area contributed by atoms with Crippen LogP contribution < -0.4 is 24.1 Å². The molecule has 0 aliphatic rings. The van der Waals surface area contributed by atoms with E-state index < -0.39 is 0 Å². The molecule has 5 heteroatoms. The third-order valence-electron chi connectivity index (χ3n) is 9.11. The number of benzene rings is 8. The van der Waals surface area contributed by atoms with Gasteiger partial charge < -0.3 is 18.9 Å². The van der Waals surface area contributed by atoms with Crippen molar-refractivity contribution in [3.8, 4) is 67.5 Å². The third kappa shape index (κ3) is 12.9.